The molecule has 126 valence electrons. The highest BCUT2D eigenvalue weighted by Crippen LogP contribution is 2.37. The lowest BCUT2D eigenvalue weighted by Crippen LogP contribution is -2.03. The van der Waals surface area contributed by atoms with E-state index in [4.69, 9.17) is 14.4 Å². The van der Waals surface area contributed by atoms with Gasteiger partial charge in [-0.3, -0.25) is 5.10 Å². The Labute approximate surface area is 149 Å². The summed E-state index contributed by atoms with van der Waals surface area (Å²) >= 11 is 0. The molecule has 1 N–H and O–H groups in total. The number of oxazole rings is 1. The van der Waals surface area contributed by atoms with Gasteiger partial charge in [-0.2, -0.15) is 10.4 Å². The van der Waals surface area contributed by atoms with E-state index in [1.54, 1.807) is 6.20 Å². The molecule has 2 aromatic carbocycles. The molecule has 0 fully saturated rings. The Kier molecular flexibility index (Phi) is 3.25. The van der Waals surface area contributed by atoms with Gasteiger partial charge in [-0.05, 0) is 54.3 Å². The molecule has 0 amide bonds. The molecular weight excluding hydrogens is 328 g/mol. The molecule has 2 heterocycles. The maximum absolute atomic E-state index is 9.05. The highest BCUT2D eigenvalue weighted by molar-refractivity contribution is 5.92. The van der Waals surface area contributed by atoms with Crippen LogP contribution >= 0.6 is 0 Å². The third kappa shape index (κ3) is 2.33. The fourth-order valence-electron chi connectivity index (χ4n) is 3.52. The van der Waals surface area contributed by atoms with E-state index in [0.29, 0.717) is 17.0 Å². The number of benzene rings is 2. The van der Waals surface area contributed by atoms with Crippen LogP contribution in [0.25, 0.3) is 22.4 Å². The van der Waals surface area contributed by atoms with E-state index in [1.165, 1.54) is 12.0 Å². The Morgan fingerprint density at radius 3 is 3.04 bits per heavy atom. The summed E-state index contributed by atoms with van der Waals surface area (Å²) in [6.45, 7) is 0. The molecule has 1 atom stereocenters. The smallest absolute Gasteiger partial charge is 0.181 e. The topological polar surface area (TPSA) is 87.7 Å². The van der Waals surface area contributed by atoms with Gasteiger partial charge >= 0.3 is 0 Å². The molecule has 0 saturated heterocycles. The van der Waals surface area contributed by atoms with Crippen LogP contribution in [0.4, 0.5) is 0 Å². The molecule has 26 heavy (non-hydrogen) atoms. The summed E-state index contributed by atoms with van der Waals surface area (Å²) in [7, 11) is 0. The zero-order valence-corrected chi connectivity index (χ0v) is 13.8. The van der Waals surface area contributed by atoms with Gasteiger partial charge in [0, 0.05) is 5.39 Å². The minimum atomic E-state index is -0.00387. The second-order valence-electron chi connectivity index (χ2n) is 6.32. The lowest BCUT2D eigenvalue weighted by molar-refractivity contribution is 0.208. The van der Waals surface area contributed by atoms with E-state index in [0.717, 1.165) is 35.1 Å². The first kappa shape index (κ1) is 14.7. The van der Waals surface area contributed by atoms with Crippen LogP contribution < -0.4 is 4.74 Å². The van der Waals surface area contributed by atoms with E-state index in [-0.39, 0.29) is 6.10 Å². The fraction of sp³-hybridized carbons (Fsp3) is 0.150. The van der Waals surface area contributed by atoms with Crippen molar-refractivity contribution in [3.8, 4) is 23.3 Å². The number of aryl methyl sites for hydroxylation is 1. The zero-order valence-electron chi connectivity index (χ0n) is 13.8. The minimum Gasteiger partial charge on any atom is -0.486 e. The van der Waals surface area contributed by atoms with E-state index in [9.17, 15) is 0 Å². The van der Waals surface area contributed by atoms with Crippen LogP contribution in [0.1, 0.15) is 29.2 Å². The lowest BCUT2D eigenvalue weighted by atomic mass is 10.1. The minimum absolute atomic E-state index is 0.00387. The highest BCUT2D eigenvalue weighted by atomic mass is 16.5. The van der Waals surface area contributed by atoms with Crippen LogP contribution in [0.2, 0.25) is 0 Å². The SMILES string of the molecule is N#Cc1ccc2c(c1)CCC2Oc1ccc2[nH]nc(-c3cnco3)c2c1. The number of ether oxygens (including phenoxy) is 1. The quantitative estimate of drug-likeness (QED) is 0.604. The van der Waals surface area contributed by atoms with E-state index >= 15 is 0 Å². The van der Waals surface area contributed by atoms with Gasteiger partial charge in [0.05, 0.1) is 23.3 Å². The molecule has 6 heteroatoms. The number of nitriles is 1. The van der Waals surface area contributed by atoms with Crippen molar-refractivity contribution in [3.05, 3.63) is 65.7 Å². The maximum atomic E-state index is 9.05. The maximum Gasteiger partial charge on any atom is 0.181 e. The molecule has 1 unspecified atom stereocenters. The Bertz CT molecular complexity index is 1140. The van der Waals surface area contributed by atoms with E-state index < -0.39 is 0 Å². The average Bonchev–Trinajstić information content (AvgIpc) is 3.40. The van der Waals surface area contributed by atoms with Gasteiger partial charge in [0.25, 0.3) is 0 Å². The van der Waals surface area contributed by atoms with Crippen molar-refractivity contribution < 1.29 is 9.15 Å². The van der Waals surface area contributed by atoms with Crippen LogP contribution in [-0.2, 0) is 6.42 Å². The summed E-state index contributed by atoms with van der Waals surface area (Å²) in [6.07, 6.45) is 4.86. The predicted molar refractivity (Wildman–Crippen MR) is 94.4 cm³/mol. The molecule has 0 spiro atoms. The van der Waals surface area contributed by atoms with Gasteiger partial charge in [0.2, 0.25) is 0 Å². The van der Waals surface area contributed by atoms with Crippen LogP contribution in [0.3, 0.4) is 0 Å². The van der Waals surface area contributed by atoms with Crippen molar-refractivity contribution >= 4 is 10.9 Å². The molecule has 2 aromatic heterocycles. The molecule has 1 aliphatic rings. The Balaban J connectivity index is 1.48. The number of fused-ring (bicyclic) bond motifs is 2. The van der Waals surface area contributed by atoms with Crippen LogP contribution in [-0.4, -0.2) is 15.2 Å². The molecule has 6 nitrogen and oxygen atoms in total. The summed E-state index contributed by atoms with van der Waals surface area (Å²) in [5.74, 6) is 1.39. The largest absolute Gasteiger partial charge is 0.486 e. The van der Waals surface area contributed by atoms with Crippen LogP contribution in [0.5, 0.6) is 5.75 Å². The first-order chi connectivity index (χ1) is 12.8. The molecule has 4 aromatic rings. The first-order valence-electron chi connectivity index (χ1n) is 8.38. The monoisotopic (exact) mass is 342 g/mol. The zero-order chi connectivity index (χ0) is 17.5. The lowest BCUT2D eigenvalue weighted by Gasteiger charge is -2.15. The summed E-state index contributed by atoms with van der Waals surface area (Å²) in [5, 5.41) is 17.3. The van der Waals surface area contributed by atoms with Gasteiger partial charge < -0.3 is 9.15 Å². The number of hydrogen-bond donors (Lipinski definition) is 1. The molecule has 0 radical (unpaired) electrons. The van der Waals surface area contributed by atoms with Crippen molar-refractivity contribution in [3.63, 3.8) is 0 Å². The van der Waals surface area contributed by atoms with Crippen molar-refractivity contribution in [2.45, 2.75) is 18.9 Å². The number of nitrogens with zero attached hydrogens (tertiary/aromatic N) is 3. The van der Waals surface area contributed by atoms with Crippen molar-refractivity contribution in [2.75, 3.05) is 0 Å². The number of rotatable bonds is 3. The summed E-state index contributed by atoms with van der Waals surface area (Å²) in [6, 6.07) is 13.9. The van der Waals surface area contributed by atoms with Crippen molar-refractivity contribution in [1.82, 2.24) is 15.2 Å². The molecule has 0 saturated carbocycles. The average molecular weight is 342 g/mol. The van der Waals surface area contributed by atoms with E-state index in [2.05, 4.69) is 21.3 Å². The van der Waals surface area contributed by atoms with Crippen molar-refractivity contribution in [1.29, 1.82) is 5.26 Å². The van der Waals surface area contributed by atoms with Gasteiger partial charge in [0.1, 0.15) is 17.5 Å². The van der Waals surface area contributed by atoms with Gasteiger partial charge in [-0.1, -0.05) is 6.07 Å². The van der Waals surface area contributed by atoms with Gasteiger partial charge in [0.15, 0.2) is 12.2 Å². The van der Waals surface area contributed by atoms with Crippen LogP contribution in [0.15, 0.2) is 53.4 Å². The fourth-order valence-corrected chi connectivity index (χ4v) is 3.52. The molecular formula is C20H14N4O2. The highest BCUT2D eigenvalue weighted by Gasteiger charge is 2.24. The first-order valence-corrected chi connectivity index (χ1v) is 8.38. The van der Waals surface area contributed by atoms with E-state index in [1.807, 2.05) is 36.4 Å². The molecule has 5 rings (SSSR count). The molecule has 0 aliphatic heterocycles. The Morgan fingerprint density at radius 2 is 2.19 bits per heavy atom. The Hall–Kier alpha value is -3.59. The second-order valence-corrected chi connectivity index (χ2v) is 6.32. The van der Waals surface area contributed by atoms with Gasteiger partial charge in [-0.15, -0.1) is 0 Å². The molecule has 0 bridgehead atoms. The Morgan fingerprint density at radius 1 is 1.23 bits per heavy atom. The predicted octanol–water partition coefficient (Wildman–Crippen LogP) is 4.16. The number of H-pyrrole nitrogens is 1. The third-order valence-corrected chi connectivity index (χ3v) is 4.77. The number of aromatic nitrogens is 3. The molecule has 1 aliphatic carbocycles. The summed E-state index contributed by atoms with van der Waals surface area (Å²) < 4.78 is 11.6. The third-order valence-electron chi connectivity index (χ3n) is 4.77. The second kappa shape index (κ2) is 5.74. The number of hydrogen-bond acceptors (Lipinski definition) is 5. The van der Waals surface area contributed by atoms with Gasteiger partial charge in [-0.25, -0.2) is 4.98 Å². The number of aromatic amines is 1. The normalized spacial score (nSPS) is 15.7. The summed E-state index contributed by atoms with van der Waals surface area (Å²) in [4.78, 5) is 3.95. The van der Waals surface area contributed by atoms with Crippen molar-refractivity contribution in [2.24, 2.45) is 0 Å². The standard InChI is InChI=1S/C20H14N4O2/c21-9-12-1-4-15-13(7-12)2-6-18(15)26-14-3-5-17-16(8-14)20(24-23-17)19-10-22-11-25-19/h1,3-5,7-8,10-11,18H,2,6H2,(H,23,24). The number of nitrogens with one attached hydrogen (secondary N) is 1. The van der Waals surface area contributed by atoms with Crippen LogP contribution in [0, 0.1) is 11.3 Å². The summed E-state index contributed by atoms with van der Waals surface area (Å²) in [5.41, 5.74) is 4.68.